The summed E-state index contributed by atoms with van der Waals surface area (Å²) < 4.78 is 19.6. The number of hydrogen-bond acceptors (Lipinski definition) is 2. The highest BCUT2D eigenvalue weighted by Gasteiger charge is 2.08. The largest absolute Gasteiger partial charge is 0.454 e. The van der Waals surface area contributed by atoms with Crippen LogP contribution in [-0.2, 0) is 6.42 Å². The Labute approximate surface area is 125 Å². The summed E-state index contributed by atoms with van der Waals surface area (Å²) in [6, 6.07) is 12.7. The summed E-state index contributed by atoms with van der Waals surface area (Å²) in [4.78, 5) is 0. The summed E-state index contributed by atoms with van der Waals surface area (Å²) in [5, 5.41) is 0. The Bertz CT molecular complexity index is 591. The number of benzene rings is 2. The van der Waals surface area contributed by atoms with Gasteiger partial charge in [0.05, 0.1) is 0 Å². The van der Waals surface area contributed by atoms with E-state index in [0.717, 1.165) is 5.56 Å². The molecule has 0 saturated heterocycles. The molecule has 2 aromatic carbocycles. The van der Waals surface area contributed by atoms with Gasteiger partial charge in [-0.25, -0.2) is 4.39 Å². The maximum atomic E-state index is 14.0. The standard InChI is InChI=1S/C18H22FNO/c1-12(2)15-5-7-16(8-6-15)21-18-9-4-14(10-13(3)20)11-17(18)19/h4-9,11-13H,10,20H2,1-3H3. The average Bonchev–Trinajstić information content (AvgIpc) is 2.42. The van der Waals surface area contributed by atoms with Gasteiger partial charge in [0.25, 0.3) is 0 Å². The number of halogens is 1. The molecule has 0 aliphatic rings. The SMILES string of the molecule is CC(N)Cc1ccc(Oc2ccc(C(C)C)cc2)c(F)c1. The highest BCUT2D eigenvalue weighted by Crippen LogP contribution is 2.27. The van der Waals surface area contributed by atoms with E-state index < -0.39 is 0 Å². The van der Waals surface area contributed by atoms with Crippen LogP contribution in [0.1, 0.15) is 37.8 Å². The Balaban J connectivity index is 2.12. The molecule has 0 aromatic heterocycles. The lowest BCUT2D eigenvalue weighted by Crippen LogP contribution is -2.17. The molecule has 0 radical (unpaired) electrons. The summed E-state index contributed by atoms with van der Waals surface area (Å²) in [7, 11) is 0. The first-order chi connectivity index (χ1) is 9.95. The predicted octanol–water partition coefficient (Wildman–Crippen LogP) is 4.63. The minimum absolute atomic E-state index is 0.0137. The van der Waals surface area contributed by atoms with Crippen LogP contribution >= 0.6 is 0 Å². The van der Waals surface area contributed by atoms with E-state index in [-0.39, 0.29) is 17.6 Å². The fourth-order valence-corrected chi connectivity index (χ4v) is 2.17. The quantitative estimate of drug-likeness (QED) is 0.870. The number of hydrogen-bond donors (Lipinski definition) is 1. The summed E-state index contributed by atoms with van der Waals surface area (Å²) >= 11 is 0. The molecule has 1 unspecified atom stereocenters. The van der Waals surface area contributed by atoms with E-state index in [9.17, 15) is 4.39 Å². The van der Waals surface area contributed by atoms with Gasteiger partial charge in [-0.2, -0.15) is 0 Å². The Morgan fingerprint density at radius 3 is 2.24 bits per heavy atom. The predicted molar refractivity (Wildman–Crippen MR) is 84.4 cm³/mol. The minimum Gasteiger partial charge on any atom is -0.454 e. The van der Waals surface area contributed by atoms with Gasteiger partial charge in [0.1, 0.15) is 5.75 Å². The van der Waals surface area contributed by atoms with Crippen molar-refractivity contribution in [3.8, 4) is 11.5 Å². The highest BCUT2D eigenvalue weighted by molar-refractivity contribution is 5.36. The molecule has 0 heterocycles. The van der Waals surface area contributed by atoms with Crippen molar-refractivity contribution >= 4 is 0 Å². The fraction of sp³-hybridized carbons (Fsp3) is 0.333. The second-order valence-corrected chi connectivity index (χ2v) is 5.77. The van der Waals surface area contributed by atoms with Gasteiger partial charge in [-0.05, 0) is 54.7 Å². The van der Waals surface area contributed by atoms with Crippen molar-refractivity contribution in [3.05, 3.63) is 59.4 Å². The Hall–Kier alpha value is -1.87. The molecule has 3 heteroatoms. The molecule has 0 spiro atoms. The lowest BCUT2D eigenvalue weighted by Gasteiger charge is -2.11. The van der Waals surface area contributed by atoms with E-state index in [1.807, 2.05) is 37.3 Å². The first-order valence-corrected chi connectivity index (χ1v) is 7.27. The molecule has 21 heavy (non-hydrogen) atoms. The zero-order valence-corrected chi connectivity index (χ0v) is 12.8. The summed E-state index contributed by atoms with van der Waals surface area (Å²) in [5.74, 6) is 0.980. The van der Waals surface area contributed by atoms with Gasteiger partial charge < -0.3 is 10.5 Å². The van der Waals surface area contributed by atoms with Crippen molar-refractivity contribution < 1.29 is 9.13 Å². The van der Waals surface area contributed by atoms with Gasteiger partial charge in [-0.1, -0.05) is 32.0 Å². The number of ether oxygens (including phenoxy) is 1. The molecule has 2 nitrogen and oxygen atoms in total. The summed E-state index contributed by atoms with van der Waals surface area (Å²) in [6.07, 6.45) is 0.653. The van der Waals surface area contributed by atoms with Gasteiger partial charge in [-0.3, -0.25) is 0 Å². The third-order valence-corrected chi connectivity index (χ3v) is 3.33. The van der Waals surface area contributed by atoms with Crippen LogP contribution in [0, 0.1) is 5.82 Å². The van der Waals surface area contributed by atoms with Crippen molar-refractivity contribution in [2.45, 2.75) is 39.2 Å². The molecule has 2 aromatic rings. The first-order valence-electron chi connectivity index (χ1n) is 7.27. The van der Waals surface area contributed by atoms with Gasteiger partial charge in [0, 0.05) is 6.04 Å². The highest BCUT2D eigenvalue weighted by atomic mass is 19.1. The van der Waals surface area contributed by atoms with E-state index in [4.69, 9.17) is 10.5 Å². The average molecular weight is 287 g/mol. The van der Waals surface area contributed by atoms with Crippen LogP contribution in [-0.4, -0.2) is 6.04 Å². The van der Waals surface area contributed by atoms with Crippen LogP contribution in [0.2, 0.25) is 0 Å². The lowest BCUT2D eigenvalue weighted by molar-refractivity contribution is 0.441. The van der Waals surface area contributed by atoms with Crippen molar-refractivity contribution in [2.75, 3.05) is 0 Å². The van der Waals surface area contributed by atoms with Crippen molar-refractivity contribution in [1.29, 1.82) is 0 Å². The summed E-state index contributed by atoms with van der Waals surface area (Å²) in [6.45, 7) is 6.16. The van der Waals surface area contributed by atoms with Crippen LogP contribution < -0.4 is 10.5 Å². The Morgan fingerprint density at radius 1 is 1.05 bits per heavy atom. The third-order valence-electron chi connectivity index (χ3n) is 3.33. The van der Waals surface area contributed by atoms with Crippen molar-refractivity contribution in [2.24, 2.45) is 5.73 Å². The first kappa shape index (κ1) is 15.5. The topological polar surface area (TPSA) is 35.2 Å². The van der Waals surface area contributed by atoms with Gasteiger partial charge in [-0.15, -0.1) is 0 Å². The molecule has 0 fully saturated rings. The van der Waals surface area contributed by atoms with E-state index in [1.165, 1.54) is 11.6 Å². The van der Waals surface area contributed by atoms with E-state index in [0.29, 0.717) is 18.1 Å². The second-order valence-electron chi connectivity index (χ2n) is 5.77. The molecule has 0 bridgehead atoms. The van der Waals surface area contributed by atoms with Crippen LogP contribution in [0.15, 0.2) is 42.5 Å². The van der Waals surface area contributed by atoms with Gasteiger partial charge in [0.15, 0.2) is 11.6 Å². The zero-order chi connectivity index (χ0) is 15.4. The van der Waals surface area contributed by atoms with E-state index in [2.05, 4.69) is 13.8 Å². The molecule has 0 aliphatic carbocycles. The Kier molecular flexibility index (Phi) is 4.97. The molecule has 0 saturated carbocycles. The molecule has 2 rings (SSSR count). The minimum atomic E-state index is -0.360. The second kappa shape index (κ2) is 6.72. The summed E-state index contributed by atoms with van der Waals surface area (Å²) in [5.41, 5.74) is 7.83. The van der Waals surface area contributed by atoms with Crippen molar-refractivity contribution in [1.82, 2.24) is 0 Å². The van der Waals surface area contributed by atoms with Crippen molar-refractivity contribution in [3.63, 3.8) is 0 Å². The third kappa shape index (κ3) is 4.30. The lowest BCUT2D eigenvalue weighted by atomic mass is 10.0. The smallest absolute Gasteiger partial charge is 0.165 e. The maximum absolute atomic E-state index is 14.0. The van der Waals surface area contributed by atoms with E-state index in [1.54, 1.807) is 6.07 Å². The molecule has 0 amide bonds. The number of rotatable bonds is 5. The normalized spacial score (nSPS) is 12.5. The fourth-order valence-electron chi connectivity index (χ4n) is 2.17. The van der Waals surface area contributed by atoms with Crippen LogP contribution in [0.5, 0.6) is 11.5 Å². The maximum Gasteiger partial charge on any atom is 0.165 e. The molecular weight excluding hydrogens is 265 g/mol. The molecule has 0 aliphatic heterocycles. The molecule has 2 N–H and O–H groups in total. The van der Waals surface area contributed by atoms with Gasteiger partial charge in [0.2, 0.25) is 0 Å². The van der Waals surface area contributed by atoms with E-state index >= 15 is 0 Å². The zero-order valence-electron chi connectivity index (χ0n) is 12.8. The molecule has 112 valence electrons. The van der Waals surface area contributed by atoms with Crippen LogP contribution in [0.4, 0.5) is 4.39 Å². The van der Waals surface area contributed by atoms with Crippen LogP contribution in [0.3, 0.4) is 0 Å². The van der Waals surface area contributed by atoms with Gasteiger partial charge >= 0.3 is 0 Å². The number of nitrogens with two attached hydrogens (primary N) is 1. The Morgan fingerprint density at radius 2 is 1.71 bits per heavy atom. The van der Waals surface area contributed by atoms with Crippen LogP contribution in [0.25, 0.3) is 0 Å². The molecular formula is C18H22FNO. The molecule has 1 atom stereocenters. The monoisotopic (exact) mass is 287 g/mol.